The first kappa shape index (κ1) is 52.8. The van der Waals surface area contributed by atoms with E-state index in [0.29, 0.717) is 58.5 Å². The van der Waals surface area contributed by atoms with Crippen LogP contribution in [0.3, 0.4) is 0 Å². The first-order valence-corrected chi connectivity index (χ1v) is 23.3. The van der Waals surface area contributed by atoms with E-state index in [4.69, 9.17) is 9.47 Å². The fraction of sp³-hybridized carbons (Fsp3) is 0.957. The van der Waals surface area contributed by atoms with Gasteiger partial charge in [0.1, 0.15) is 0 Å². The zero-order chi connectivity index (χ0) is 39.9. The summed E-state index contributed by atoms with van der Waals surface area (Å²) < 4.78 is 11.4. The number of hydrogen-bond acceptors (Lipinski definition) is 8. The number of ether oxygens (including phenoxy) is 2. The molecule has 0 amide bonds. The maximum Gasteiger partial charge on any atom is 0.308 e. The van der Waals surface area contributed by atoms with Gasteiger partial charge in [0.05, 0.1) is 43.9 Å². The Kier molecular flexibility index (Phi) is 39.1. The minimum Gasteiger partial charge on any atom is -0.465 e. The van der Waals surface area contributed by atoms with Crippen LogP contribution in [0.2, 0.25) is 0 Å². The predicted octanol–water partition coefficient (Wildman–Crippen LogP) is 11.1. The van der Waals surface area contributed by atoms with Crippen molar-refractivity contribution >= 4 is 11.9 Å². The van der Waals surface area contributed by atoms with Gasteiger partial charge < -0.3 is 24.8 Å². The van der Waals surface area contributed by atoms with Gasteiger partial charge in [-0.1, -0.05) is 156 Å². The van der Waals surface area contributed by atoms with Crippen molar-refractivity contribution in [2.45, 2.75) is 233 Å². The van der Waals surface area contributed by atoms with Gasteiger partial charge in [-0.05, 0) is 64.2 Å². The molecule has 0 fully saturated rings. The highest BCUT2D eigenvalue weighted by molar-refractivity contribution is 5.72. The predicted molar refractivity (Wildman–Crippen MR) is 226 cm³/mol. The number of aliphatic hydroxyl groups excluding tert-OH is 3. The van der Waals surface area contributed by atoms with Crippen molar-refractivity contribution in [3.8, 4) is 0 Å². The summed E-state index contributed by atoms with van der Waals surface area (Å²) in [4.78, 5) is 27.8. The smallest absolute Gasteiger partial charge is 0.308 e. The Labute approximate surface area is 334 Å². The molecule has 0 saturated carbocycles. The second-order valence-electron chi connectivity index (χ2n) is 16.3. The first-order chi connectivity index (χ1) is 26.3. The molecule has 3 N–H and O–H groups in total. The number of carbonyl (C=O) groups is 2. The molecule has 322 valence electrons. The Morgan fingerprint density at radius 2 is 0.741 bits per heavy atom. The van der Waals surface area contributed by atoms with Crippen molar-refractivity contribution in [2.75, 3.05) is 39.5 Å². The van der Waals surface area contributed by atoms with Crippen LogP contribution in [0.1, 0.15) is 220 Å². The maximum atomic E-state index is 12.9. The van der Waals surface area contributed by atoms with Crippen LogP contribution >= 0.6 is 0 Å². The van der Waals surface area contributed by atoms with Crippen LogP contribution in [0.25, 0.3) is 0 Å². The maximum absolute atomic E-state index is 12.9. The number of unbranched alkanes of at least 4 members (excludes halogenated alkanes) is 18. The Balaban J connectivity index is 4.45. The number of aliphatic hydroxyl groups is 3. The molecule has 4 atom stereocenters. The zero-order valence-electron chi connectivity index (χ0n) is 36.2. The van der Waals surface area contributed by atoms with Crippen LogP contribution < -0.4 is 0 Å². The molecule has 0 rings (SSSR count). The van der Waals surface area contributed by atoms with Crippen LogP contribution in [-0.2, 0) is 19.1 Å². The van der Waals surface area contributed by atoms with E-state index in [1.54, 1.807) is 0 Å². The van der Waals surface area contributed by atoms with Crippen molar-refractivity contribution in [3.63, 3.8) is 0 Å². The minimum absolute atomic E-state index is 0.00397. The molecule has 0 aliphatic carbocycles. The highest BCUT2D eigenvalue weighted by atomic mass is 16.5. The van der Waals surface area contributed by atoms with Crippen molar-refractivity contribution in [1.29, 1.82) is 0 Å². The molecule has 0 aliphatic heterocycles. The molecule has 0 aromatic carbocycles. The van der Waals surface area contributed by atoms with Gasteiger partial charge in [-0.15, -0.1) is 0 Å². The van der Waals surface area contributed by atoms with Gasteiger partial charge in [0.2, 0.25) is 0 Å². The lowest BCUT2D eigenvalue weighted by molar-refractivity contribution is -0.150. The summed E-state index contributed by atoms with van der Waals surface area (Å²) >= 11 is 0. The lowest BCUT2D eigenvalue weighted by Gasteiger charge is -2.26. The summed E-state index contributed by atoms with van der Waals surface area (Å²) in [5.74, 6) is -0.0895. The van der Waals surface area contributed by atoms with E-state index in [2.05, 4.69) is 27.7 Å². The molecule has 0 radical (unpaired) electrons. The van der Waals surface area contributed by atoms with E-state index in [1.165, 1.54) is 103 Å². The first-order valence-electron chi connectivity index (χ1n) is 23.3. The van der Waals surface area contributed by atoms with Gasteiger partial charge in [0.25, 0.3) is 0 Å². The molecule has 0 aliphatic rings. The van der Waals surface area contributed by atoms with Gasteiger partial charge >= 0.3 is 11.9 Å². The largest absolute Gasteiger partial charge is 0.465 e. The van der Waals surface area contributed by atoms with Gasteiger partial charge in [-0.3, -0.25) is 14.5 Å². The summed E-state index contributed by atoms with van der Waals surface area (Å²) in [6.45, 7) is 10.8. The number of carbonyl (C=O) groups excluding carboxylic acids is 2. The molecule has 8 nitrogen and oxygen atoms in total. The third kappa shape index (κ3) is 33.0. The molecular formula is C46H91NO7. The second-order valence-corrected chi connectivity index (χ2v) is 16.3. The highest BCUT2D eigenvalue weighted by Crippen LogP contribution is 2.22. The third-order valence-electron chi connectivity index (χ3n) is 11.0. The lowest BCUT2D eigenvalue weighted by Crippen LogP contribution is -2.39. The van der Waals surface area contributed by atoms with Crippen LogP contribution in [0.4, 0.5) is 0 Å². The van der Waals surface area contributed by atoms with E-state index in [1.807, 2.05) is 4.90 Å². The third-order valence-corrected chi connectivity index (χ3v) is 11.0. The molecule has 0 aromatic rings. The van der Waals surface area contributed by atoms with E-state index in [9.17, 15) is 24.9 Å². The molecule has 0 bridgehead atoms. The monoisotopic (exact) mass is 770 g/mol. The average molecular weight is 770 g/mol. The fourth-order valence-electron chi connectivity index (χ4n) is 7.46. The van der Waals surface area contributed by atoms with Gasteiger partial charge in [0, 0.05) is 19.6 Å². The molecule has 0 heterocycles. The molecule has 0 spiro atoms. The number of hydrogen-bond donors (Lipinski definition) is 3. The average Bonchev–Trinajstić information content (AvgIpc) is 3.15. The second kappa shape index (κ2) is 40.0. The van der Waals surface area contributed by atoms with Crippen LogP contribution in [-0.4, -0.2) is 83.8 Å². The van der Waals surface area contributed by atoms with Crippen LogP contribution in [0.5, 0.6) is 0 Å². The van der Waals surface area contributed by atoms with Gasteiger partial charge in [-0.25, -0.2) is 0 Å². The number of nitrogens with zero attached hydrogens (tertiary/aromatic N) is 1. The van der Waals surface area contributed by atoms with E-state index < -0.39 is 12.2 Å². The van der Waals surface area contributed by atoms with Crippen LogP contribution in [0.15, 0.2) is 0 Å². The summed E-state index contributed by atoms with van der Waals surface area (Å²) in [7, 11) is 0. The fourth-order valence-corrected chi connectivity index (χ4v) is 7.46. The molecule has 0 aromatic heterocycles. The van der Waals surface area contributed by atoms with Crippen LogP contribution in [0, 0.1) is 11.8 Å². The topological polar surface area (TPSA) is 117 Å². The number of esters is 2. The summed E-state index contributed by atoms with van der Waals surface area (Å²) in [6.07, 6.45) is 30.7. The van der Waals surface area contributed by atoms with Gasteiger partial charge in [0.15, 0.2) is 0 Å². The summed E-state index contributed by atoms with van der Waals surface area (Å²) in [5, 5.41) is 31.1. The van der Waals surface area contributed by atoms with E-state index in [-0.39, 0.29) is 30.4 Å². The summed E-state index contributed by atoms with van der Waals surface area (Å²) in [6, 6.07) is 0. The van der Waals surface area contributed by atoms with Crippen molar-refractivity contribution < 1.29 is 34.4 Å². The zero-order valence-corrected chi connectivity index (χ0v) is 36.2. The SMILES string of the molecule is CCCCCCCCC(CCCCCC)C(=O)OCCCCC(O)CN(CCO)C[C@H](O)CCCCOC(=O)C(CCCCCC)CCCCCCCC. The Morgan fingerprint density at radius 3 is 1.07 bits per heavy atom. The van der Waals surface area contributed by atoms with E-state index in [0.717, 1.165) is 64.2 Å². The highest BCUT2D eigenvalue weighted by Gasteiger charge is 2.21. The van der Waals surface area contributed by atoms with Crippen molar-refractivity contribution in [1.82, 2.24) is 4.90 Å². The Bertz CT molecular complexity index is 750. The van der Waals surface area contributed by atoms with E-state index >= 15 is 0 Å². The standard InChI is InChI=1S/C46H91NO7/c1-5-9-13-17-19-23-31-41(29-21-15-11-7-3)45(51)53-37-27-25-33-43(49)39-47(35-36-48)40-44(50)34-26-28-38-54-46(52)42(30-22-16-12-8-4)32-24-20-18-14-10-6-2/h41-44,48-50H,5-40H2,1-4H3/t41?,42?,43-,44?/m1/s1. The summed E-state index contributed by atoms with van der Waals surface area (Å²) in [5.41, 5.74) is 0. The minimum atomic E-state index is -0.579. The Morgan fingerprint density at radius 1 is 0.444 bits per heavy atom. The lowest BCUT2D eigenvalue weighted by atomic mass is 9.94. The molecule has 54 heavy (non-hydrogen) atoms. The van der Waals surface area contributed by atoms with Crippen molar-refractivity contribution in [2.24, 2.45) is 11.8 Å². The number of rotatable bonds is 42. The normalized spacial score (nSPS) is 13.9. The molecular weight excluding hydrogens is 679 g/mol. The molecule has 0 saturated heterocycles. The molecule has 3 unspecified atom stereocenters. The van der Waals surface area contributed by atoms with Crippen molar-refractivity contribution in [3.05, 3.63) is 0 Å². The molecule has 8 heteroatoms. The van der Waals surface area contributed by atoms with Gasteiger partial charge in [-0.2, -0.15) is 0 Å². The quantitative estimate of drug-likeness (QED) is 0.0415. The Hall–Kier alpha value is -1.22.